The monoisotopic (exact) mass is 230 g/mol. The van der Waals surface area contributed by atoms with Gasteiger partial charge in [0, 0.05) is 0 Å². The quantitative estimate of drug-likeness (QED) is 0.792. The maximum atomic E-state index is 10.9. The van der Waals surface area contributed by atoms with Gasteiger partial charge in [0.05, 0.1) is 29.5 Å². The molecule has 74 valence electrons. The number of nitriles is 1. The van der Waals surface area contributed by atoms with Gasteiger partial charge in [-0.1, -0.05) is 11.6 Å². The zero-order chi connectivity index (χ0) is 10.6. The average molecular weight is 231 g/mol. The molecule has 6 heteroatoms. The predicted molar refractivity (Wildman–Crippen MR) is 54.8 cm³/mol. The molecule has 0 radical (unpaired) electrons. The van der Waals surface area contributed by atoms with Gasteiger partial charge < -0.3 is 0 Å². The molecule has 0 saturated heterocycles. The molecule has 0 heterocycles. The largest absolute Gasteiger partial charge is 0.290 e. The highest BCUT2D eigenvalue weighted by Crippen LogP contribution is 2.25. The Labute approximate surface area is 88.5 Å². The summed E-state index contributed by atoms with van der Waals surface area (Å²) in [6.45, 7) is 0. The van der Waals surface area contributed by atoms with Crippen LogP contribution >= 0.6 is 11.6 Å². The Morgan fingerprint density at radius 1 is 1.64 bits per heavy atom. The minimum Gasteiger partial charge on any atom is -0.290 e. The van der Waals surface area contributed by atoms with Crippen molar-refractivity contribution < 1.29 is 8.39 Å². The topological polar surface area (TPSA) is 62.4 Å². The van der Waals surface area contributed by atoms with Crippen molar-refractivity contribution in [1.29, 1.82) is 5.26 Å². The zero-order valence-electron chi connectivity index (χ0n) is 7.27. The second-order valence-corrected chi connectivity index (χ2v) is 3.75. The van der Waals surface area contributed by atoms with Crippen molar-refractivity contribution in [3.8, 4) is 6.07 Å². The third-order valence-corrected chi connectivity index (χ3v) is 2.42. The fourth-order valence-electron chi connectivity index (χ4n) is 0.786. The minimum absolute atomic E-state index is 0.282. The molecule has 0 aliphatic heterocycles. The predicted octanol–water partition coefficient (Wildman–Crippen LogP) is 2.07. The van der Waals surface area contributed by atoms with E-state index in [1.54, 1.807) is 6.07 Å². The minimum atomic E-state index is -2.08. The highest BCUT2D eigenvalue weighted by atomic mass is 35.5. The first kappa shape index (κ1) is 11.0. The molecule has 0 N–H and O–H groups in total. The van der Waals surface area contributed by atoms with Gasteiger partial charge in [0.25, 0.3) is 0 Å². The van der Waals surface area contributed by atoms with Crippen LogP contribution in [-0.2, 0) is 15.1 Å². The Balaban J connectivity index is 3.14. The number of rotatable bonds is 2. The van der Waals surface area contributed by atoms with E-state index < -0.39 is 10.9 Å². The van der Waals surface area contributed by atoms with Crippen LogP contribution in [0.15, 0.2) is 22.6 Å². The molecular formula is C8H7ClN2O2S. The first-order valence-corrected chi connectivity index (χ1v) is 5.11. The Morgan fingerprint density at radius 2 is 2.36 bits per heavy atom. The molecule has 0 aliphatic carbocycles. The van der Waals surface area contributed by atoms with Gasteiger partial charge in [-0.2, -0.15) is 9.62 Å². The van der Waals surface area contributed by atoms with E-state index in [0.29, 0.717) is 11.3 Å². The normalized spacial score (nSPS) is 12.4. The van der Waals surface area contributed by atoms with Crippen molar-refractivity contribution in [2.75, 3.05) is 7.11 Å². The van der Waals surface area contributed by atoms with E-state index in [9.17, 15) is 4.21 Å². The molecule has 0 aliphatic rings. The van der Waals surface area contributed by atoms with Crippen LogP contribution < -0.4 is 0 Å². The van der Waals surface area contributed by atoms with E-state index in [0.717, 1.165) is 0 Å². The number of benzene rings is 1. The number of thiol groups is 1. The lowest BCUT2D eigenvalue weighted by molar-refractivity contribution is 0.453. The summed E-state index contributed by atoms with van der Waals surface area (Å²) in [5, 5.41) is 8.84. The zero-order valence-corrected chi connectivity index (χ0v) is 8.92. The standard InChI is InChI=1S/C8H7ClN2O2S/c1-13-14(12)11-8-3-2-6(5-10)4-7(8)9/h2-4,14H,1H3. The van der Waals surface area contributed by atoms with Crippen LogP contribution in [0.1, 0.15) is 5.56 Å². The molecular weight excluding hydrogens is 224 g/mol. The summed E-state index contributed by atoms with van der Waals surface area (Å²) in [6, 6.07) is 6.46. The Kier molecular flexibility index (Phi) is 3.89. The molecule has 1 unspecified atom stereocenters. The third-order valence-electron chi connectivity index (χ3n) is 1.42. The highest BCUT2D eigenvalue weighted by Gasteiger charge is 2.00. The molecule has 0 aromatic heterocycles. The van der Waals surface area contributed by atoms with Crippen LogP contribution in [0.2, 0.25) is 5.02 Å². The lowest BCUT2D eigenvalue weighted by Crippen LogP contribution is -1.79. The van der Waals surface area contributed by atoms with Gasteiger partial charge in [0.15, 0.2) is 10.9 Å². The maximum Gasteiger partial charge on any atom is 0.157 e. The molecule has 0 spiro atoms. The smallest absolute Gasteiger partial charge is 0.157 e. The highest BCUT2D eigenvalue weighted by molar-refractivity contribution is 7.69. The van der Waals surface area contributed by atoms with Crippen molar-refractivity contribution >= 4 is 28.2 Å². The molecule has 1 rings (SSSR count). The summed E-state index contributed by atoms with van der Waals surface area (Å²) in [7, 11) is -0.786. The van der Waals surface area contributed by atoms with E-state index in [4.69, 9.17) is 16.9 Å². The van der Waals surface area contributed by atoms with Gasteiger partial charge in [0.1, 0.15) is 0 Å². The molecule has 0 fully saturated rings. The lowest BCUT2D eigenvalue weighted by atomic mass is 10.2. The van der Waals surface area contributed by atoms with E-state index in [1.807, 2.05) is 6.07 Å². The summed E-state index contributed by atoms with van der Waals surface area (Å²) < 4.78 is 19.1. The van der Waals surface area contributed by atoms with Crippen molar-refractivity contribution in [1.82, 2.24) is 0 Å². The molecule has 0 saturated carbocycles. The van der Waals surface area contributed by atoms with Gasteiger partial charge in [-0.3, -0.25) is 4.18 Å². The van der Waals surface area contributed by atoms with E-state index in [-0.39, 0.29) is 5.02 Å². The summed E-state index contributed by atoms with van der Waals surface area (Å²) in [5.74, 6) is 0. The molecule has 1 aromatic rings. The SMILES string of the molecule is CO[SH](=O)=Nc1ccc(C#N)cc1Cl. The Morgan fingerprint density at radius 3 is 2.86 bits per heavy atom. The van der Waals surface area contributed by atoms with Gasteiger partial charge in [-0.25, -0.2) is 4.21 Å². The fraction of sp³-hybridized carbons (Fsp3) is 0.125. The third kappa shape index (κ3) is 2.70. The van der Waals surface area contributed by atoms with Crippen LogP contribution in [0.25, 0.3) is 0 Å². The number of hydrogen-bond acceptors (Lipinski definition) is 4. The fourth-order valence-corrected chi connectivity index (χ4v) is 1.50. The molecule has 0 amide bonds. The van der Waals surface area contributed by atoms with E-state index >= 15 is 0 Å². The number of halogens is 1. The van der Waals surface area contributed by atoms with Crippen molar-refractivity contribution in [2.24, 2.45) is 4.36 Å². The van der Waals surface area contributed by atoms with Crippen molar-refractivity contribution in [3.05, 3.63) is 28.8 Å². The van der Waals surface area contributed by atoms with Gasteiger partial charge >= 0.3 is 0 Å². The molecule has 14 heavy (non-hydrogen) atoms. The van der Waals surface area contributed by atoms with E-state index in [2.05, 4.69) is 8.55 Å². The summed E-state index contributed by atoms with van der Waals surface area (Å²) >= 11 is 5.78. The van der Waals surface area contributed by atoms with Crippen LogP contribution in [0.5, 0.6) is 0 Å². The van der Waals surface area contributed by atoms with Crippen LogP contribution in [0.3, 0.4) is 0 Å². The Hall–Kier alpha value is -1.09. The summed E-state index contributed by atoms with van der Waals surface area (Å²) in [4.78, 5) is 0. The van der Waals surface area contributed by atoms with E-state index in [1.165, 1.54) is 19.2 Å². The second-order valence-electron chi connectivity index (χ2n) is 2.30. The van der Waals surface area contributed by atoms with Gasteiger partial charge in [0.2, 0.25) is 0 Å². The lowest BCUT2D eigenvalue weighted by Gasteiger charge is -1.96. The molecule has 1 atom stereocenters. The molecule has 4 nitrogen and oxygen atoms in total. The summed E-state index contributed by atoms with van der Waals surface area (Å²) in [5.41, 5.74) is 0.787. The second kappa shape index (κ2) is 4.96. The van der Waals surface area contributed by atoms with Gasteiger partial charge in [-0.05, 0) is 18.2 Å². The van der Waals surface area contributed by atoms with Crippen molar-refractivity contribution in [3.63, 3.8) is 0 Å². The van der Waals surface area contributed by atoms with Crippen LogP contribution in [0, 0.1) is 11.3 Å². The summed E-state index contributed by atoms with van der Waals surface area (Å²) in [6.07, 6.45) is 0. The maximum absolute atomic E-state index is 10.9. The van der Waals surface area contributed by atoms with Crippen molar-refractivity contribution in [2.45, 2.75) is 0 Å². The molecule has 1 aromatic carbocycles. The average Bonchev–Trinajstić information content (AvgIpc) is 2.20. The van der Waals surface area contributed by atoms with Crippen LogP contribution in [0.4, 0.5) is 5.69 Å². The Bertz CT molecular complexity index is 461. The number of hydrogen-bond donors (Lipinski definition) is 1. The first-order chi connectivity index (χ1) is 6.67. The number of nitrogens with zero attached hydrogens (tertiary/aromatic N) is 2. The first-order valence-electron chi connectivity index (χ1n) is 3.60. The van der Waals surface area contributed by atoms with Gasteiger partial charge in [-0.15, -0.1) is 0 Å². The van der Waals surface area contributed by atoms with Crippen LogP contribution in [-0.4, -0.2) is 11.3 Å². The molecule has 0 bridgehead atoms.